The van der Waals surface area contributed by atoms with Gasteiger partial charge in [0.05, 0.1) is 30.8 Å². The molecule has 8 heteroatoms. The third-order valence-electron chi connectivity index (χ3n) is 5.80. The maximum atomic E-state index is 13.8. The fourth-order valence-electron chi connectivity index (χ4n) is 3.93. The van der Waals surface area contributed by atoms with E-state index in [1.165, 1.54) is 26.4 Å². The van der Waals surface area contributed by atoms with Crippen LogP contribution in [0.25, 0.3) is 0 Å². The van der Waals surface area contributed by atoms with Crippen LogP contribution in [0.15, 0.2) is 77.7 Å². The van der Waals surface area contributed by atoms with Crippen molar-refractivity contribution in [1.82, 2.24) is 5.32 Å². The van der Waals surface area contributed by atoms with Gasteiger partial charge in [0.2, 0.25) is 5.91 Å². The Labute approximate surface area is 214 Å². The molecule has 0 aliphatic carbocycles. The molecule has 0 aliphatic heterocycles. The zero-order chi connectivity index (χ0) is 26.3. The molecule has 0 saturated carbocycles. The van der Waals surface area contributed by atoms with Gasteiger partial charge in [-0.25, -0.2) is 8.42 Å². The largest absolute Gasteiger partial charge is 0.497 e. The molecule has 1 amide bonds. The van der Waals surface area contributed by atoms with Crippen molar-refractivity contribution in [3.05, 3.63) is 83.9 Å². The van der Waals surface area contributed by atoms with Gasteiger partial charge >= 0.3 is 0 Å². The second-order valence-electron chi connectivity index (χ2n) is 9.02. The van der Waals surface area contributed by atoms with Gasteiger partial charge in [0.25, 0.3) is 10.0 Å². The fraction of sp³-hybridized carbons (Fsp3) is 0.321. The van der Waals surface area contributed by atoms with Crippen molar-refractivity contribution in [2.75, 3.05) is 25.1 Å². The van der Waals surface area contributed by atoms with Crippen LogP contribution in [0.3, 0.4) is 0 Å². The van der Waals surface area contributed by atoms with E-state index in [1.54, 1.807) is 30.3 Å². The Balaban J connectivity index is 2.02. The minimum atomic E-state index is -4.11. The van der Waals surface area contributed by atoms with Crippen LogP contribution < -0.4 is 19.1 Å². The Morgan fingerprint density at radius 2 is 1.61 bits per heavy atom. The maximum absolute atomic E-state index is 13.8. The summed E-state index contributed by atoms with van der Waals surface area (Å²) < 4.78 is 39.5. The number of benzene rings is 3. The molecule has 192 valence electrons. The Morgan fingerprint density at radius 1 is 0.944 bits per heavy atom. The minimum absolute atomic E-state index is 0.0764. The summed E-state index contributed by atoms with van der Waals surface area (Å²) in [7, 11) is -1.16. The number of hydrogen-bond acceptors (Lipinski definition) is 5. The molecule has 0 bridgehead atoms. The predicted molar refractivity (Wildman–Crippen MR) is 142 cm³/mol. The molecule has 7 nitrogen and oxygen atoms in total. The molecule has 1 atom stereocenters. The lowest BCUT2D eigenvalue weighted by atomic mass is 9.97. The van der Waals surface area contributed by atoms with Crippen LogP contribution in [-0.4, -0.2) is 35.1 Å². The van der Waals surface area contributed by atoms with E-state index in [4.69, 9.17) is 9.47 Å². The molecular weight excluding hydrogens is 476 g/mol. The summed E-state index contributed by atoms with van der Waals surface area (Å²) in [4.78, 5) is 13.5. The number of rotatable bonds is 11. The number of anilines is 1. The zero-order valence-electron chi connectivity index (χ0n) is 21.4. The first-order valence-corrected chi connectivity index (χ1v) is 13.3. The number of hydrogen-bond donors (Lipinski definition) is 1. The molecule has 0 heterocycles. The highest BCUT2D eigenvalue weighted by molar-refractivity contribution is 7.92. The van der Waals surface area contributed by atoms with Gasteiger partial charge in [0, 0.05) is 6.07 Å². The highest BCUT2D eigenvalue weighted by Crippen LogP contribution is 2.35. The normalized spacial score (nSPS) is 12.2. The lowest BCUT2D eigenvalue weighted by molar-refractivity contribution is -0.120. The van der Waals surface area contributed by atoms with Gasteiger partial charge in [0.1, 0.15) is 18.0 Å². The first kappa shape index (κ1) is 27.1. The Bertz CT molecular complexity index is 1260. The highest BCUT2D eigenvalue weighted by Gasteiger charge is 2.30. The Hall–Kier alpha value is -3.52. The summed E-state index contributed by atoms with van der Waals surface area (Å²) in [6.07, 6.45) is 0.711. The van der Waals surface area contributed by atoms with E-state index in [2.05, 4.69) is 19.2 Å². The van der Waals surface area contributed by atoms with Crippen molar-refractivity contribution in [2.24, 2.45) is 5.92 Å². The minimum Gasteiger partial charge on any atom is -0.497 e. The molecule has 0 saturated heterocycles. The second-order valence-corrected chi connectivity index (χ2v) is 10.9. The van der Waals surface area contributed by atoms with E-state index in [0.29, 0.717) is 23.8 Å². The fourth-order valence-corrected chi connectivity index (χ4v) is 5.36. The Kier molecular flexibility index (Phi) is 8.98. The van der Waals surface area contributed by atoms with Gasteiger partial charge in [-0.3, -0.25) is 9.10 Å². The lowest BCUT2D eigenvalue weighted by Crippen LogP contribution is -2.42. The molecular formula is C28H34N2O5S. The van der Waals surface area contributed by atoms with Crippen LogP contribution in [-0.2, 0) is 14.8 Å². The van der Waals surface area contributed by atoms with E-state index >= 15 is 0 Å². The van der Waals surface area contributed by atoms with Crippen LogP contribution in [0.5, 0.6) is 11.5 Å². The van der Waals surface area contributed by atoms with E-state index < -0.39 is 22.5 Å². The van der Waals surface area contributed by atoms with Crippen molar-refractivity contribution in [2.45, 2.75) is 38.1 Å². The standard InChI is InChI=1S/C28H34N2O5S/c1-20(2)17-25(22-9-7-6-8-10-22)29-28(31)19-30(26-18-23(34-4)13-16-27(26)35-5)36(32,33)24-14-11-21(3)12-15-24/h6-16,18,20,25H,17,19H2,1-5H3,(H,29,31)/t25-/m1/s1. The summed E-state index contributed by atoms with van der Waals surface area (Å²) in [5.74, 6) is 0.643. The van der Waals surface area contributed by atoms with Gasteiger partial charge < -0.3 is 14.8 Å². The van der Waals surface area contributed by atoms with Crippen molar-refractivity contribution >= 4 is 21.6 Å². The first-order chi connectivity index (χ1) is 17.1. The maximum Gasteiger partial charge on any atom is 0.264 e. The summed E-state index contributed by atoms with van der Waals surface area (Å²) >= 11 is 0. The number of nitrogens with one attached hydrogen (secondary N) is 1. The summed E-state index contributed by atoms with van der Waals surface area (Å²) in [5, 5.41) is 3.05. The van der Waals surface area contributed by atoms with Crippen LogP contribution in [0.4, 0.5) is 5.69 Å². The molecule has 36 heavy (non-hydrogen) atoms. The van der Waals surface area contributed by atoms with E-state index in [9.17, 15) is 13.2 Å². The second kappa shape index (κ2) is 11.9. The molecule has 0 unspecified atom stereocenters. The zero-order valence-corrected chi connectivity index (χ0v) is 22.2. The average molecular weight is 511 g/mol. The first-order valence-electron chi connectivity index (χ1n) is 11.8. The van der Waals surface area contributed by atoms with Crippen LogP contribution in [0, 0.1) is 12.8 Å². The van der Waals surface area contributed by atoms with Gasteiger partial charge in [0.15, 0.2) is 0 Å². The molecule has 1 N–H and O–H groups in total. The highest BCUT2D eigenvalue weighted by atomic mass is 32.2. The monoisotopic (exact) mass is 510 g/mol. The van der Waals surface area contributed by atoms with Crippen molar-refractivity contribution < 1.29 is 22.7 Å². The van der Waals surface area contributed by atoms with Crippen molar-refractivity contribution in [1.29, 1.82) is 0 Å². The van der Waals surface area contributed by atoms with Gasteiger partial charge in [-0.15, -0.1) is 0 Å². The molecule has 3 rings (SSSR count). The molecule has 0 aliphatic rings. The summed E-state index contributed by atoms with van der Waals surface area (Å²) in [6, 6.07) is 20.8. The number of methoxy groups -OCH3 is 2. The number of nitrogens with zero attached hydrogens (tertiary/aromatic N) is 1. The summed E-state index contributed by atoms with van der Waals surface area (Å²) in [5.41, 5.74) is 2.11. The smallest absolute Gasteiger partial charge is 0.264 e. The number of sulfonamides is 1. The van der Waals surface area contributed by atoms with Gasteiger partial charge in [-0.2, -0.15) is 0 Å². The summed E-state index contributed by atoms with van der Waals surface area (Å²) in [6.45, 7) is 5.61. The number of carbonyl (C=O) groups is 1. The van der Waals surface area contributed by atoms with Crippen molar-refractivity contribution in [3.63, 3.8) is 0 Å². The molecule has 0 aromatic heterocycles. The number of ether oxygens (including phenoxy) is 2. The molecule has 3 aromatic carbocycles. The SMILES string of the molecule is COc1ccc(OC)c(N(CC(=O)N[C@H](CC(C)C)c2ccccc2)S(=O)(=O)c2ccc(C)cc2)c1. The van der Waals surface area contributed by atoms with Crippen LogP contribution in [0.1, 0.15) is 37.4 Å². The van der Waals surface area contributed by atoms with Crippen LogP contribution >= 0.6 is 0 Å². The molecule has 0 spiro atoms. The van der Waals surface area contributed by atoms with Gasteiger partial charge in [-0.1, -0.05) is 61.9 Å². The van der Waals surface area contributed by atoms with Crippen molar-refractivity contribution in [3.8, 4) is 11.5 Å². The number of amides is 1. The molecule has 3 aromatic rings. The third-order valence-corrected chi connectivity index (χ3v) is 7.57. The quantitative estimate of drug-likeness (QED) is 0.387. The average Bonchev–Trinajstić information content (AvgIpc) is 2.87. The molecule has 0 radical (unpaired) electrons. The lowest BCUT2D eigenvalue weighted by Gasteiger charge is -2.28. The van der Waals surface area contributed by atoms with Gasteiger partial charge in [-0.05, 0) is 49.1 Å². The van der Waals surface area contributed by atoms with E-state index in [-0.39, 0.29) is 16.6 Å². The number of carbonyl (C=O) groups excluding carboxylic acids is 1. The Morgan fingerprint density at radius 3 is 2.19 bits per heavy atom. The molecule has 0 fully saturated rings. The van der Waals surface area contributed by atoms with E-state index in [0.717, 1.165) is 15.4 Å². The number of aryl methyl sites for hydroxylation is 1. The predicted octanol–water partition coefficient (Wildman–Crippen LogP) is 5.11. The van der Waals surface area contributed by atoms with Crippen LogP contribution in [0.2, 0.25) is 0 Å². The third kappa shape index (κ3) is 6.57. The van der Waals surface area contributed by atoms with E-state index in [1.807, 2.05) is 37.3 Å². The topological polar surface area (TPSA) is 84.9 Å².